The summed E-state index contributed by atoms with van der Waals surface area (Å²) in [5.74, 6) is 0.258. The van der Waals surface area contributed by atoms with E-state index in [0.29, 0.717) is 0 Å². The Labute approximate surface area is 124 Å². The number of nitro benzene ring substituents is 1. The summed E-state index contributed by atoms with van der Waals surface area (Å²) in [5.41, 5.74) is 0.777. The largest absolute Gasteiger partial charge is 0.373 e. The minimum atomic E-state index is -0.431. The van der Waals surface area contributed by atoms with Crippen molar-refractivity contribution in [1.29, 1.82) is 0 Å². The molecule has 1 atom stereocenters. The van der Waals surface area contributed by atoms with E-state index >= 15 is 0 Å². The standard InChI is InChI=1S/C15H21N3O3/c1-11(2)14(15(19)17-9-3-4-10-17)16-12-5-7-13(8-6-12)18(20)21/h5-8,11,14,16H,3-4,9-10H2,1-2H3/t14-/m0/s1. The molecule has 6 heteroatoms. The van der Waals surface area contributed by atoms with Gasteiger partial charge in [0, 0.05) is 30.9 Å². The molecule has 1 aromatic carbocycles. The minimum absolute atomic E-state index is 0.0486. The quantitative estimate of drug-likeness (QED) is 0.668. The second-order valence-corrected chi connectivity index (χ2v) is 5.70. The molecule has 0 radical (unpaired) electrons. The Bertz CT molecular complexity index is 507. The second kappa shape index (κ2) is 6.56. The minimum Gasteiger partial charge on any atom is -0.373 e. The molecule has 0 spiro atoms. The van der Waals surface area contributed by atoms with Gasteiger partial charge in [0.15, 0.2) is 0 Å². The van der Waals surface area contributed by atoms with E-state index in [1.807, 2.05) is 18.7 Å². The van der Waals surface area contributed by atoms with Gasteiger partial charge in [-0.3, -0.25) is 14.9 Å². The van der Waals surface area contributed by atoms with Crippen molar-refractivity contribution >= 4 is 17.3 Å². The Balaban J connectivity index is 2.08. The summed E-state index contributed by atoms with van der Waals surface area (Å²) in [5, 5.41) is 13.9. The summed E-state index contributed by atoms with van der Waals surface area (Å²) in [6.45, 7) is 5.64. The maximum absolute atomic E-state index is 12.5. The normalized spacial score (nSPS) is 16.0. The predicted octanol–water partition coefficient (Wildman–Crippen LogP) is 2.65. The van der Waals surface area contributed by atoms with Crippen molar-refractivity contribution in [3.63, 3.8) is 0 Å². The third-order valence-corrected chi connectivity index (χ3v) is 3.75. The summed E-state index contributed by atoms with van der Waals surface area (Å²) in [6.07, 6.45) is 2.13. The highest BCUT2D eigenvalue weighted by Crippen LogP contribution is 2.20. The van der Waals surface area contributed by atoms with Crippen molar-refractivity contribution in [1.82, 2.24) is 4.90 Å². The number of benzene rings is 1. The van der Waals surface area contributed by atoms with Gasteiger partial charge >= 0.3 is 0 Å². The molecule has 1 aliphatic heterocycles. The molecule has 2 rings (SSSR count). The fraction of sp³-hybridized carbons (Fsp3) is 0.533. The van der Waals surface area contributed by atoms with E-state index in [-0.39, 0.29) is 23.6 Å². The van der Waals surface area contributed by atoms with Crippen LogP contribution >= 0.6 is 0 Å². The van der Waals surface area contributed by atoms with Crippen LogP contribution in [-0.4, -0.2) is 34.9 Å². The lowest BCUT2D eigenvalue weighted by molar-refractivity contribution is -0.384. The first-order valence-corrected chi connectivity index (χ1v) is 7.29. The van der Waals surface area contributed by atoms with Gasteiger partial charge in [-0.25, -0.2) is 0 Å². The van der Waals surface area contributed by atoms with Crippen molar-refractivity contribution in [3.05, 3.63) is 34.4 Å². The van der Waals surface area contributed by atoms with Crippen LogP contribution in [0.15, 0.2) is 24.3 Å². The van der Waals surface area contributed by atoms with Gasteiger partial charge in [0.25, 0.3) is 5.69 Å². The lowest BCUT2D eigenvalue weighted by atomic mass is 10.0. The Morgan fingerprint density at radius 3 is 2.29 bits per heavy atom. The number of amides is 1. The van der Waals surface area contributed by atoms with Crippen LogP contribution in [0.5, 0.6) is 0 Å². The molecule has 1 heterocycles. The fourth-order valence-corrected chi connectivity index (χ4v) is 2.51. The number of rotatable bonds is 5. The number of anilines is 1. The molecule has 1 N–H and O–H groups in total. The molecular weight excluding hydrogens is 270 g/mol. The molecular formula is C15H21N3O3. The first-order valence-electron chi connectivity index (χ1n) is 7.29. The number of carbonyl (C=O) groups is 1. The number of non-ortho nitro benzene ring substituents is 1. The SMILES string of the molecule is CC(C)[C@H](Nc1ccc([N+](=O)[O-])cc1)C(=O)N1CCCC1. The highest BCUT2D eigenvalue weighted by Gasteiger charge is 2.28. The maximum atomic E-state index is 12.5. The maximum Gasteiger partial charge on any atom is 0.269 e. The molecule has 1 aromatic rings. The average Bonchev–Trinajstić information content (AvgIpc) is 2.98. The van der Waals surface area contributed by atoms with Crippen LogP contribution in [0.4, 0.5) is 11.4 Å². The topological polar surface area (TPSA) is 75.5 Å². The molecule has 0 aromatic heterocycles. The van der Waals surface area contributed by atoms with Crippen LogP contribution < -0.4 is 5.32 Å². The zero-order chi connectivity index (χ0) is 15.4. The van der Waals surface area contributed by atoms with Gasteiger partial charge in [-0.05, 0) is 30.9 Å². The first kappa shape index (κ1) is 15.3. The van der Waals surface area contributed by atoms with Crippen molar-refractivity contribution in [2.45, 2.75) is 32.7 Å². The monoisotopic (exact) mass is 291 g/mol. The van der Waals surface area contributed by atoms with Gasteiger partial charge in [0.05, 0.1) is 4.92 Å². The van der Waals surface area contributed by atoms with Crippen LogP contribution in [0.2, 0.25) is 0 Å². The van der Waals surface area contributed by atoms with Crippen molar-refractivity contribution < 1.29 is 9.72 Å². The molecule has 0 saturated carbocycles. The van der Waals surface area contributed by atoms with E-state index in [4.69, 9.17) is 0 Å². The van der Waals surface area contributed by atoms with Gasteiger partial charge in [-0.2, -0.15) is 0 Å². The lowest BCUT2D eigenvalue weighted by Gasteiger charge is -2.27. The van der Waals surface area contributed by atoms with Crippen molar-refractivity contribution in [3.8, 4) is 0 Å². The summed E-state index contributed by atoms with van der Waals surface area (Å²) >= 11 is 0. The zero-order valence-corrected chi connectivity index (χ0v) is 12.4. The molecule has 1 fully saturated rings. The molecule has 1 amide bonds. The average molecular weight is 291 g/mol. The molecule has 21 heavy (non-hydrogen) atoms. The van der Waals surface area contributed by atoms with Gasteiger partial charge in [0.1, 0.15) is 6.04 Å². The van der Waals surface area contributed by atoms with E-state index in [1.54, 1.807) is 12.1 Å². The van der Waals surface area contributed by atoms with E-state index in [9.17, 15) is 14.9 Å². The fourth-order valence-electron chi connectivity index (χ4n) is 2.51. The van der Waals surface area contributed by atoms with Crippen molar-refractivity contribution in [2.24, 2.45) is 5.92 Å². The number of likely N-dealkylation sites (tertiary alicyclic amines) is 1. The number of nitrogens with zero attached hydrogens (tertiary/aromatic N) is 2. The highest BCUT2D eigenvalue weighted by atomic mass is 16.6. The Hall–Kier alpha value is -2.11. The third kappa shape index (κ3) is 3.71. The smallest absolute Gasteiger partial charge is 0.269 e. The van der Waals surface area contributed by atoms with Crippen LogP contribution in [0, 0.1) is 16.0 Å². The lowest BCUT2D eigenvalue weighted by Crippen LogP contribution is -2.44. The van der Waals surface area contributed by atoms with Crippen molar-refractivity contribution in [2.75, 3.05) is 18.4 Å². The molecule has 1 aliphatic rings. The Morgan fingerprint density at radius 1 is 1.24 bits per heavy atom. The van der Waals surface area contributed by atoms with Crippen LogP contribution in [-0.2, 0) is 4.79 Å². The molecule has 0 bridgehead atoms. The van der Waals surface area contributed by atoms with Crippen LogP contribution in [0.25, 0.3) is 0 Å². The second-order valence-electron chi connectivity index (χ2n) is 5.70. The molecule has 6 nitrogen and oxygen atoms in total. The predicted molar refractivity (Wildman–Crippen MR) is 81.2 cm³/mol. The van der Waals surface area contributed by atoms with Crippen LogP contribution in [0.1, 0.15) is 26.7 Å². The third-order valence-electron chi connectivity index (χ3n) is 3.75. The van der Waals surface area contributed by atoms with Crippen LogP contribution in [0.3, 0.4) is 0 Å². The summed E-state index contributed by atoms with van der Waals surface area (Å²) in [6, 6.07) is 5.87. The number of carbonyl (C=O) groups excluding carboxylic acids is 1. The van der Waals surface area contributed by atoms with Gasteiger partial charge < -0.3 is 10.2 Å². The van der Waals surface area contributed by atoms with Gasteiger partial charge in [-0.1, -0.05) is 13.8 Å². The summed E-state index contributed by atoms with van der Waals surface area (Å²) < 4.78 is 0. The number of nitrogens with one attached hydrogen (secondary N) is 1. The molecule has 1 saturated heterocycles. The molecule has 0 unspecified atom stereocenters. The van der Waals surface area contributed by atoms with E-state index < -0.39 is 4.92 Å². The zero-order valence-electron chi connectivity index (χ0n) is 12.4. The number of nitro groups is 1. The summed E-state index contributed by atoms with van der Waals surface area (Å²) in [7, 11) is 0. The molecule has 0 aliphatic carbocycles. The van der Waals surface area contributed by atoms with E-state index in [1.165, 1.54) is 12.1 Å². The Kier molecular flexibility index (Phi) is 4.77. The first-order chi connectivity index (χ1) is 9.99. The number of hydrogen-bond acceptors (Lipinski definition) is 4. The summed E-state index contributed by atoms with van der Waals surface area (Å²) in [4.78, 5) is 24.6. The van der Waals surface area contributed by atoms with Gasteiger partial charge in [0.2, 0.25) is 5.91 Å². The number of hydrogen-bond donors (Lipinski definition) is 1. The van der Waals surface area contributed by atoms with E-state index in [2.05, 4.69) is 5.32 Å². The Morgan fingerprint density at radius 2 is 1.81 bits per heavy atom. The van der Waals surface area contributed by atoms with E-state index in [0.717, 1.165) is 31.6 Å². The highest BCUT2D eigenvalue weighted by molar-refractivity contribution is 5.85. The van der Waals surface area contributed by atoms with Gasteiger partial charge in [-0.15, -0.1) is 0 Å². The molecule has 114 valence electrons.